The highest BCUT2D eigenvalue weighted by Crippen LogP contribution is 2.23. The molecule has 0 fully saturated rings. The molecule has 2 rings (SSSR count). The summed E-state index contributed by atoms with van der Waals surface area (Å²) in [4.78, 5) is 11.8. The highest BCUT2D eigenvalue weighted by molar-refractivity contribution is 7.15. The Labute approximate surface area is 122 Å². The number of hydrogen-bond acceptors (Lipinski definition) is 5. The van der Waals surface area contributed by atoms with Crippen LogP contribution in [0.2, 0.25) is 0 Å². The Balaban J connectivity index is 1.97. The monoisotopic (exact) mass is 291 g/mol. The van der Waals surface area contributed by atoms with Crippen molar-refractivity contribution in [2.24, 2.45) is 0 Å². The molecule has 0 unspecified atom stereocenters. The molecule has 0 saturated carbocycles. The Kier molecular flexibility index (Phi) is 4.34. The molecule has 0 atom stereocenters. The fourth-order valence-corrected chi connectivity index (χ4v) is 2.40. The summed E-state index contributed by atoms with van der Waals surface area (Å²) in [6.45, 7) is 7.81. The van der Waals surface area contributed by atoms with E-state index in [0.717, 1.165) is 27.4 Å². The van der Waals surface area contributed by atoms with Gasteiger partial charge in [-0.3, -0.25) is 10.1 Å². The minimum Gasteiger partial charge on any atom is -0.483 e. The van der Waals surface area contributed by atoms with Gasteiger partial charge in [0.1, 0.15) is 10.8 Å². The van der Waals surface area contributed by atoms with Crippen molar-refractivity contribution in [3.8, 4) is 5.75 Å². The van der Waals surface area contributed by atoms with Crippen LogP contribution in [-0.2, 0) is 4.79 Å². The predicted molar refractivity (Wildman–Crippen MR) is 79.4 cm³/mol. The lowest BCUT2D eigenvalue weighted by Gasteiger charge is -2.11. The molecular weight excluding hydrogens is 274 g/mol. The van der Waals surface area contributed by atoms with Crippen molar-refractivity contribution in [1.29, 1.82) is 0 Å². The number of hydrogen-bond donors (Lipinski definition) is 1. The molecule has 106 valence electrons. The van der Waals surface area contributed by atoms with Gasteiger partial charge >= 0.3 is 0 Å². The summed E-state index contributed by atoms with van der Waals surface area (Å²) in [6.07, 6.45) is 0. The summed E-state index contributed by atoms with van der Waals surface area (Å²) in [5.41, 5.74) is 3.32. The molecule has 1 aromatic carbocycles. The van der Waals surface area contributed by atoms with Gasteiger partial charge in [-0.2, -0.15) is 0 Å². The van der Waals surface area contributed by atoms with Crippen molar-refractivity contribution in [2.75, 3.05) is 11.9 Å². The molecule has 1 heterocycles. The number of ether oxygens (including phenoxy) is 1. The Morgan fingerprint density at radius 1 is 1.25 bits per heavy atom. The van der Waals surface area contributed by atoms with Gasteiger partial charge in [-0.25, -0.2) is 0 Å². The SMILES string of the molecule is Cc1cc(C)c(C)c(OCC(=O)Nc2nnc(C)s2)c1. The maximum absolute atomic E-state index is 11.8. The zero-order valence-corrected chi connectivity index (χ0v) is 12.8. The second-order valence-corrected chi connectivity index (χ2v) is 5.85. The number of nitrogens with zero attached hydrogens (tertiary/aromatic N) is 2. The van der Waals surface area contributed by atoms with Crippen molar-refractivity contribution in [3.05, 3.63) is 33.8 Å². The molecule has 0 spiro atoms. The van der Waals surface area contributed by atoms with Crippen molar-refractivity contribution in [3.63, 3.8) is 0 Å². The largest absolute Gasteiger partial charge is 0.483 e. The smallest absolute Gasteiger partial charge is 0.264 e. The molecule has 0 bridgehead atoms. The molecule has 1 aromatic heterocycles. The molecule has 20 heavy (non-hydrogen) atoms. The van der Waals surface area contributed by atoms with E-state index in [2.05, 4.69) is 21.6 Å². The first kappa shape index (κ1) is 14.5. The van der Waals surface area contributed by atoms with Gasteiger partial charge in [0, 0.05) is 0 Å². The van der Waals surface area contributed by atoms with E-state index in [0.29, 0.717) is 5.13 Å². The summed E-state index contributed by atoms with van der Waals surface area (Å²) in [6, 6.07) is 4.02. The van der Waals surface area contributed by atoms with E-state index in [9.17, 15) is 4.79 Å². The fraction of sp³-hybridized carbons (Fsp3) is 0.357. The summed E-state index contributed by atoms with van der Waals surface area (Å²) < 4.78 is 5.58. The van der Waals surface area contributed by atoms with Gasteiger partial charge in [0.25, 0.3) is 5.91 Å². The third kappa shape index (κ3) is 3.54. The van der Waals surface area contributed by atoms with Crippen LogP contribution in [0, 0.1) is 27.7 Å². The van der Waals surface area contributed by atoms with Crippen LogP contribution in [0.4, 0.5) is 5.13 Å². The number of anilines is 1. The number of carbonyl (C=O) groups excluding carboxylic acids is 1. The number of aryl methyl sites for hydroxylation is 3. The Bertz CT molecular complexity index is 637. The number of nitrogens with one attached hydrogen (secondary N) is 1. The molecule has 0 aliphatic heterocycles. The van der Waals surface area contributed by atoms with Crippen LogP contribution < -0.4 is 10.1 Å². The second kappa shape index (κ2) is 6.00. The molecular formula is C14H17N3O2S. The summed E-state index contributed by atoms with van der Waals surface area (Å²) in [5.74, 6) is 0.505. The van der Waals surface area contributed by atoms with Crippen LogP contribution >= 0.6 is 11.3 Å². The number of carbonyl (C=O) groups is 1. The summed E-state index contributed by atoms with van der Waals surface area (Å²) in [7, 11) is 0. The third-order valence-electron chi connectivity index (χ3n) is 2.90. The van der Waals surface area contributed by atoms with Crippen LogP contribution in [0.15, 0.2) is 12.1 Å². The maximum atomic E-state index is 11.8. The van der Waals surface area contributed by atoms with Crippen LogP contribution in [0.5, 0.6) is 5.75 Å². The fourth-order valence-electron chi connectivity index (χ4n) is 1.80. The highest BCUT2D eigenvalue weighted by atomic mass is 32.1. The Hall–Kier alpha value is -1.95. The van der Waals surface area contributed by atoms with E-state index < -0.39 is 0 Å². The minimum atomic E-state index is -0.236. The lowest BCUT2D eigenvalue weighted by Crippen LogP contribution is -2.20. The predicted octanol–water partition coefficient (Wildman–Crippen LogP) is 2.79. The molecule has 1 N–H and O–H groups in total. The Morgan fingerprint density at radius 3 is 2.65 bits per heavy atom. The second-order valence-electron chi connectivity index (χ2n) is 4.67. The zero-order valence-electron chi connectivity index (χ0n) is 12.0. The average molecular weight is 291 g/mol. The molecule has 1 amide bonds. The number of aromatic nitrogens is 2. The van der Waals surface area contributed by atoms with Crippen LogP contribution in [0.1, 0.15) is 21.7 Å². The lowest BCUT2D eigenvalue weighted by molar-refractivity contribution is -0.118. The average Bonchev–Trinajstić information content (AvgIpc) is 2.77. The van der Waals surface area contributed by atoms with Gasteiger partial charge in [-0.15, -0.1) is 10.2 Å². The van der Waals surface area contributed by atoms with E-state index in [1.807, 2.05) is 33.8 Å². The van der Waals surface area contributed by atoms with Gasteiger partial charge in [-0.1, -0.05) is 17.4 Å². The van der Waals surface area contributed by atoms with Crippen LogP contribution in [-0.4, -0.2) is 22.7 Å². The van der Waals surface area contributed by atoms with E-state index in [1.165, 1.54) is 11.3 Å². The molecule has 0 aliphatic carbocycles. The standard InChI is InChI=1S/C14H17N3O2S/c1-8-5-9(2)10(3)12(6-8)19-7-13(18)15-14-17-16-11(4)20-14/h5-6H,7H2,1-4H3,(H,15,17,18). The first-order valence-corrected chi connectivity index (χ1v) is 7.08. The zero-order chi connectivity index (χ0) is 14.7. The molecule has 0 saturated heterocycles. The van der Waals surface area contributed by atoms with Gasteiger partial charge in [0.2, 0.25) is 5.13 Å². The third-order valence-corrected chi connectivity index (χ3v) is 3.65. The van der Waals surface area contributed by atoms with E-state index in [1.54, 1.807) is 0 Å². The first-order valence-electron chi connectivity index (χ1n) is 6.26. The van der Waals surface area contributed by atoms with Crippen molar-refractivity contribution in [1.82, 2.24) is 10.2 Å². The van der Waals surface area contributed by atoms with Gasteiger partial charge < -0.3 is 4.74 Å². The highest BCUT2D eigenvalue weighted by Gasteiger charge is 2.09. The summed E-state index contributed by atoms with van der Waals surface area (Å²) >= 11 is 1.34. The molecule has 2 aromatic rings. The minimum absolute atomic E-state index is 0.0393. The van der Waals surface area contributed by atoms with Gasteiger partial charge in [-0.05, 0) is 50.5 Å². The molecule has 0 aliphatic rings. The molecule has 6 heteroatoms. The van der Waals surface area contributed by atoms with Crippen molar-refractivity contribution < 1.29 is 9.53 Å². The lowest BCUT2D eigenvalue weighted by atomic mass is 10.1. The molecule has 0 radical (unpaired) electrons. The first-order chi connectivity index (χ1) is 9.45. The number of benzene rings is 1. The van der Waals surface area contributed by atoms with E-state index in [-0.39, 0.29) is 12.5 Å². The molecule has 5 nitrogen and oxygen atoms in total. The quantitative estimate of drug-likeness (QED) is 0.940. The summed E-state index contributed by atoms with van der Waals surface area (Å²) in [5, 5.41) is 11.6. The number of rotatable bonds is 4. The van der Waals surface area contributed by atoms with E-state index in [4.69, 9.17) is 4.74 Å². The van der Waals surface area contributed by atoms with Crippen LogP contribution in [0.25, 0.3) is 0 Å². The normalized spacial score (nSPS) is 10.4. The van der Waals surface area contributed by atoms with Gasteiger partial charge in [0.15, 0.2) is 6.61 Å². The number of amides is 1. The van der Waals surface area contributed by atoms with E-state index >= 15 is 0 Å². The maximum Gasteiger partial charge on any atom is 0.264 e. The topological polar surface area (TPSA) is 64.1 Å². The van der Waals surface area contributed by atoms with Crippen molar-refractivity contribution >= 4 is 22.4 Å². The Morgan fingerprint density at radius 2 is 2.00 bits per heavy atom. The van der Waals surface area contributed by atoms with Crippen LogP contribution in [0.3, 0.4) is 0 Å². The van der Waals surface area contributed by atoms with Crippen molar-refractivity contribution in [2.45, 2.75) is 27.7 Å². The van der Waals surface area contributed by atoms with Gasteiger partial charge in [0.05, 0.1) is 0 Å².